The summed E-state index contributed by atoms with van der Waals surface area (Å²) < 4.78 is 18.0. The van der Waals surface area contributed by atoms with Crippen molar-refractivity contribution < 1.29 is 18.7 Å². The molecule has 5 nitrogen and oxygen atoms in total. The van der Waals surface area contributed by atoms with E-state index in [1.54, 1.807) is 54.6 Å². The van der Waals surface area contributed by atoms with Gasteiger partial charge < -0.3 is 15.4 Å². The molecule has 0 aliphatic carbocycles. The minimum atomic E-state index is -0.427. The molecule has 0 unspecified atom stereocenters. The molecule has 0 saturated heterocycles. The van der Waals surface area contributed by atoms with Crippen molar-refractivity contribution in [1.82, 2.24) is 0 Å². The molecule has 28 heavy (non-hydrogen) atoms. The first-order valence-corrected chi connectivity index (χ1v) is 8.64. The monoisotopic (exact) mass is 378 g/mol. The zero-order valence-electron chi connectivity index (χ0n) is 15.2. The van der Waals surface area contributed by atoms with Crippen molar-refractivity contribution >= 4 is 28.9 Å². The van der Waals surface area contributed by atoms with Crippen LogP contribution >= 0.6 is 0 Å². The van der Waals surface area contributed by atoms with Gasteiger partial charge in [-0.3, -0.25) is 4.79 Å². The van der Waals surface area contributed by atoms with Gasteiger partial charge in [0.05, 0.1) is 24.8 Å². The maximum atomic E-state index is 13.2. The number of esters is 1. The summed E-state index contributed by atoms with van der Waals surface area (Å²) in [6.07, 6.45) is 0.0876. The van der Waals surface area contributed by atoms with E-state index in [2.05, 4.69) is 10.6 Å². The van der Waals surface area contributed by atoms with Crippen molar-refractivity contribution in [3.63, 3.8) is 0 Å². The minimum absolute atomic E-state index is 0.0876. The highest BCUT2D eigenvalue weighted by Crippen LogP contribution is 2.23. The molecule has 0 bridgehead atoms. The van der Waals surface area contributed by atoms with Gasteiger partial charge in [-0.2, -0.15) is 0 Å². The molecule has 0 radical (unpaired) electrons. The summed E-state index contributed by atoms with van der Waals surface area (Å²) in [6, 6.07) is 20.0. The van der Waals surface area contributed by atoms with Gasteiger partial charge in [0.25, 0.3) is 0 Å². The van der Waals surface area contributed by atoms with Gasteiger partial charge in [-0.05, 0) is 54.1 Å². The number of benzene rings is 3. The van der Waals surface area contributed by atoms with Gasteiger partial charge in [-0.15, -0.1) is 0 Å². The predicted octanol–water partition coefficient (Wildman–Crippen LogP) is 4.54. The van der Waals surface area contributed by atoms with E-state index in [1.807, 2.05) is 6.07 Å². The predicted molar refractivity (Wildman–Crippen MR) is 106 cm³/mol. The summed E-state index contributed by atoms with van der Waals surface area (Å²) in [5, 5.41) is 5.94. The van der Waals surface area contributed by atoms with E-state index in [9.17, 15) is 14.0 Å². The van der Waals surface area contributed by atoms with Gasteiger partial charge in [-0.1, -0.05) is 24.3 Å². The molecular formula is C22H19FN2O3. The molecule has 0 aliphatic rings. The number of anilines is 3. The number of hydrogen-bond acceptors (Lipinski definition) is 4. The SMILES string of the molecule is COC(=O)c1ccccc1Nc1ccc(NC(=O)Cc2cccc(F)c2)cc1. The van der Waals surface area contributed by atoms with Crippen molar-refractivity contribution in [1.29, 1.82) is 0 Å². The molecule has 0 heterocycles. The van der Waals surface area contributed by atoms with Crippen LogP contribution in [0.1, 0.15) is 15.9 Å². The van der Waals surface area contributed by atoms with Crippen LogP contribution < -0.4 is 10.6 Å². The average Bonchev–Trinajstić information content (AvgIpc) is 2.69. The van der Waals surface area contributed by atoms with Gasteiger partial charge in [-0.25, -0.2) is 9.18 Å². The van der Waals surface area contributed by atoms with Gasteiger partial charge in [0.15, 0.2) is 0 Å². The molecule has 0 aromatic heterocycles. The van der Waals surface area contributed by atoms with Crippen LogP contribution in [0.3, 0.4) is 0 Å². The quantitative estimate of drug-likeness (QED) is 0.618. The lowest BCUT2D eigenvalue weighted by Crippen LogP contribution is -2.14. The van der Waals surface area contributed by atoms with Crippen LogP contribution in [0, 0.1) is 5.82 Å². The second-order valence-electron chi connectivity index (χ2n) is 6.09. The normalized spacial score (nSPS) is 10.2. The number of amides is 1. The largest absolute Gasteiger partial charge is 0.465 e. The van der Waals surface area contributed by atoms with E-state index in [0.717, 1.165) is 5.69 Å². The molecule has 3 aromatic carbocycles. The van der Waals surface area contributed by atoms with Gasteiger partial charge >= 0.3 is 5.97 Å². The molecule has 0 fully saturated rings. The molecule has 0 aliphatic heterocycles. The number of hydrogen-bond donors (Lipinski definition) is 2. The molecule has 3 aromatic rings. The zero-order valence-corrected chi connectivity index (χ0v) is 15.2. The first-order valence-electron chi connectivity index (χ1n) is 8.64. The Labute approximate surface area is 162 Å². The van der Waals surface area contributed by atoms with Gasteiger partial charge in [0.2, 0.25) is 5.91 Å². The molecule has 142 valence electrons. The number of halogens is 1. The molecule has 1 amide bonds. The fraction of sp³-hybridized carbons (Fsp3) is 0.0909. The fourth-order valence-electron chi connectivity index (χ4n) is 2.71. The summed E-state index contributed by atoms with van der Waals surface area (Å²) in [7, 11) is 1.33. The van der Waals surface area contributed by atoms with Crippen molar-refractivity contribution in [3.05, 3.63) is 89.7 Å². The third-order valence-electron chi connectivity index (χ3n) is 4.03. The Hall–Kier alpha value is -3.67. The number of nitrogens with one attached hydrogen (secondary N) is 2. The topological polar surface area (TPSA) is 67.4 Å². The Balaban J connectivity index is 1.64. The Bertz CT molecular complexity index is 987. The van der Waals surface area contributed by atoms with Crippen LogP contribution in [-0.4, -0.2) is 19.0 Å². The van der Waals surface area contributed by atoms with Gasteiger partial charge in [0, 0.05) is 11.4 Å². The van der Waals surface area contributed by atoms with Crippen LogP contribution in [0.5, 0.6) is 0 Å². The van der Waals surface area contributed by atoms with Crippen LogP contribution in [0.2, 0.25) is 0 Å². The fourth-order valence-corrected chi connectivity index (χ4v) is 2.71. The minimum Gasteiger partial charge on any atom is -0.465 e. The summed E-state index contributed by atoms with van der Waals surface area (Å²) in [5.74, 6) is -1.03. The standard InChI is InChI=1S/C22H19FN2O3/c1-28-22(27)19-7-2-3-8-20(19)24-17-9-11-18(12-10-17)25-21(26)14-15-5-4-6-16(23)13-15/h2-13,24H,14H2,1H3,(H,25,26). The van der Waals surface area contributed by atoms with Crippen LogP contribution in [-0.2, 0) is 16.0 Å². The summed E-state index contributed by atoms with van der Waals surface area (Å²) >= 11 is 0. The van der Waals surface area contributed by atoms with E-state index in [1.165, 1.54) is 19.2 Å². The molecule has 0 saturated carbocycles. The van der Waals surface area contributed by atoms with Crippen molar-refractivity contribution in [2.45, 2.75) is 6.42 Å². The van der Waals surface area contributed by atoms with Crippen molar-refractivity contribution in [2.24, 2.45) is 0 Å². The van der Waals surface area contributed by atoms with E-state index in [4.69, 9.17) is 4.74 Å². The third-order valence-corrected chi connectivity index (χ3v) is 4.03. The number of rotatable bonds is 6. The Kier molecular flexibility index (Phi) is 6.01. The zero-order chi connectivity index (χ0) is 19.9. The summed E-state index contributed by atoms with van der Waals surface area (Å²) in [5.41, 5.74) is 3.03. The second kappa shape index (κ2) is 8.81. The lowest BCUT2D eigenvalue weighted by atomic mass is 10.1. The molecule has 2 N–H and O–H groups in total. The second-order valence-corrected chi connectivity index (χ2v) is 6.09. The van der Waals surface area contributed by atoms with Crippen molar-refractivity contribution in [3.8, 4) is 0 Å². The van der Waals surface area contributed by atoms with E-state index >= 15 is 0 Å². The van der Waals surface area contributed by atoms with Crippen LogP contribution in [0.25, 0.3) is 0 Å². The first-order chi connectivity index (χ1) is 13.5. The van der Waals surface area contributed by atoms with Crippen molar-refractivity contribution in [2.75, 3.05) is 17.7 Å². The highest BCUT2D eigenvalue weighted by molar-refractivity contribution is 5.96. The summed E-state index contributed by atoms with van der Waals surface area (Å²) in [4.78, 5) is 24.0. The van der Waals surface area contributed by atoms with Gasteiger partial charge in [0.1, 0.15) is 5.82 Å². The van der Waals surface area contributed by atoms with Crippen LogP contribution in [0.4, 0.5) is 21.5 Å². The number of methoxy groups -OCH3 is 1. The Morgan fingerprint density at radius 1 is 0.929 bits per heavy atom. The highest BCUT2D eigenvalue weighted by Gasteiger charge is 2.11. The van der Waals surface area contributed by atoms with E-state index in [-0.39, 0.29) is 18.1 Å². The number of ether oxygens (including phenoxy) is 1. The lowest BCUT2D eigenvalue weighted by Gasteiger charge is -2.11. The highest BCUT2D eigenvalue weighted by atomic mass is 19.1. The molecule has 0 atom stereocenters. The average molecular weight is 378 g/mol. The maximum Gasteiger partial charge on any atom is 0.339 e. The maximum absolute atomic E-state index is 13.2. The smallest absolute Gasteiger partial charge is 0.339 e. The molecular weight excluding hydrogens is 359 g/mol. The molecule has 3 rings (SSSR count). The lowest BCUT2D eigenvalue weighted by molar-refractivity contribution is -0.115. The molecule has 0 spiro atoms. The Morgan fingerprint density at radius 3 is 2.36 bits per heavy atom. The first kappa shape index (κ1) is 19.1. The summed E-state index contributed by atoms with van der Waals surface area (Å²) in [6.45, 7) is 0. The Morgan fingerprint density at radius 2 is 1.64 bits per heavy atom. The number of carbonyl (C=O) groups excluding carboxylic acids is 2. The third kappa shape index (κ3) is 4.94. The van der Waals surface area contributed by atoms with E-state index in [0.29, 0.717) is 22.5 Å². The number of para-hydroxylation sites is 1. The number of carbonyl (C=O) groups is 2. The molecule has 6 heteroatoms. The van der Waals surface area contributed by atoms with E-state index < -0.39 is 5.97 Å². The van der Waals surface area contributed by atoms with Crippen LogP contribution in [0.15, 0.2) is 72.8 Å².